The van der Waals surface area contributed by atoms with Crippen molar-refractivity contribution >= 4 is 17.6 Å². The number of hydrogen-bond donors (Lipinski definition) is 4. The summed E-state index contributed by atoms with van der Waals surface area (Å²) in [6, 6.07) is 1.72. The lowest BCUT2D eigenvalue weighted by Crippen LogP contribution is -2.15. The second-order valence-electron chi connectivity index (χ2n) is 3.55. The number of rotatable bonds is 7. The predicted octanol–water partition coefficient (Wildman–Crippen LogP) is 0.160. The highest BCUT2D eigenvalue weighted by Crippen LogP contribution is 2.19. The molecule has 1 atom stereocenters. The first-order chi connectivity index (χ1) is 8.19. The van der Waals surface area contributed by atoms with E-state index in [4.69, 9.17) is 10.9 Å². The quantitative estimate of drug-likeness (QED) is 0.239. The van der Waals surface area contributed by atoms with E-state index >= 15 is 0 Å². The summed E-state index contributed by atoms with van der Waals surface area (Å²) in [5, 5.41) is 18.7. The average Bonchev–Trinajstić information content (AvgIpc) is 2.36. The van der Waals surface area contributed by atoms with Crippen LogP contribution in [0.15, 0.2) is 11.1 Å². The Morgan fingerprint density at radius 1 is 1.53 bits per heavy atom. The van der Waals surface area contributed by atoms with Gasteiger partial charge in [-0.2, -0.15) is 0 Å². The van der Waals surface area contributed by atoms with E-state index in [-0.39, 0.29) is 6.61 Å². The van der Waals surface area contributed by atoms with E-state index in [1.54, 1.807) is 6.07 Å². The first-order valence-electron chi connectivity index (χ1n) is 5.45. The molecular formula is C10H18N4O2S. The minimum atomic E-state index is -0.737. The van der Waals surface area contributed by atoms with Crippen molar-refractivity contribution in [3.05, 3.63) is 11.9 Å². The van der Waals surface area contributed by atoms with Gasteiger partial charge in [-0.05, 0) is 6.42 Å². The maximum atomic E-state index is 9.26. The summed E-state index contributed by atoms with van der Waals surface area (Å²) in [6.07, 6.45) is 1.00. The van der Waals surface area contributed by atoms with Gasteiger partial charge in [0, 0.05) is 18.2 Å². The number of aromatic nitrogens is 2. The maximum Gasteiger partial charge on any atom is 0.144 e. The highest BCUT2D eigenvalue weighted by Gasteiger charge is 2.07. The molecule has 0 bridgehead atoms. The third kappa shape index (κ3) is 4.86. The van der Waals surface area contributed by atoms with E-state index in [1.807, 2.05) is 6.92 Å². The Morgan fingerprint density at radius 2 is 2.29 bits per heavy atom. The van der Waals surface area contributed by atoms with Crippen LogP contribution in [0.5, 0.6) is 0 Å². The molecule has 0 spiro atoms. The van der Waals surface area contributed by atoms with Crippen molar-refractivity contribution < 1.29 is 10.2 Å². The van der Waals surface area contributed by atoms with Crippen molar-refractivity contribution in [1.29, 1.82) is 0 Å². The van der Waals surface area contributed by atoms with Gasteiger partial charge in [0.2, 0.25) is 0 Å². The minimum Gasteiger partial charge on any atom is -0.394 e. The topological polar surface area (TPSA) is 104 Å². The fraction of sp³-hybridized carbons (Fsp3) is 0.600. The van der Waals surface area contributed by atoms with Crippen molar-refractivity contribution in [2.75, 3.05) is 17.8 Å². The average molecular weight is 258 g/mol. The molecule has 0 amide bonds. The molecule has 0 fully saturated rings. The van der Waals surface area contributed by atoms with E-state index in [0.717, 1.165) is 23.7 Å². The Bertz CT molecular complexity index is 351. The molecule has 0 radical (unpaired) electrons. The molecule has 1 aromatic heterocycles. The highest BCUT2D eigenvalue weighted by atomic mass is 32.2. The molecule has 1 aromatic rings. The monoisotopic (exact) mass is 258 g/mol. The van der Waals surface area contributed by atoms with E-state index in [1.165, 1.54) is 11.8 Å². The lowest BCUT2D eigenvalue weighted by atomic mass is 10.3. The van der Waals surface area contributed by atoms with Gasteiger partial charge in [0.1, 0.15) is 16.7 Å². The fourth-order valence-electron chi connectivity index (χ4n) is 1.19. The first kappa shape index (κ1) is 14.2. The third-order valence-corrected chi connectivity index (χ3v) is 3.06. The zero-order chi connectivity index (χ0) is 12.7. The van der Waals surface area contributed by atoms with E-state index in [9.17, 15) is 5.11 Å². The molecule has 0 aliphatic rings. The molecule has 1 unspecified atom stereocenters. The SMILES string of the molecule is CCCc1nc(NN)cc(SCC(O)CO)n1. The minimum absolute atomic E-state index is 0.248. The lowest BCUT2D eigenvalue weighted by molar-refractivity contribution is 0.113. The van der Waals surface area contributed by atoms with Crippen LogP contribution < -0.4 is 11.3 Å². The number of hydrazine groups is 1. The molecular weight excluding hydrogens is 240 g/mol. The molecule has 1 rings (SSSR count). The summed E-state index contributed by atoms with van der Waals surface area (Å²) in [6.45, 7) is 1.80. The van der Waals surface area contributed by atoms with E-state index in [2.05, 4.69) is 15.4 Å². The molecule has 0 aliphatic carbocycles. The third-order valence-electron chi connectivity index (χ3n) is 2.00. The molecule has 6 nitrogen and oxygen atoms in total. The van der Waals surface area contributed by atoms with Gasteiger partial charge < -0.3 is 15.6 Å². The van der Waals surface area contributed by atoms with Gasteiger partial charge in [0.25, 0.3) is 0 Å². The van der Waals surface area contributed by atoms with Crippen molar-refractivity contribution in [2.45, 2.75) is 30.9 Å². The van der Waals surface area contributed by atoms with Gasteiger partial charge >= 0.3 is 0 Å². The van der Waals surface area contributed by atoms with Crippen LogP contribution in [-0.2, 0) is 6.42 Å². The van der Waals surface area contributed by atoms with Crippen LogP contribution in [0.2, 0.25) is 0 Å². The van der Waals surface area contributed by atoms with Gasteiger partial charge in [-0.3, -0.25) is 0 Å². The van der Waals surface area contributed by atoms with Gasteiger partial charge in [-0.1, -0.05) is 6.92 Å². The molecule has 96 valence electrons. The largest absolute Gasteiger partial charge is 0.394 e. The molecule has 17 heavy (non-hydrogen) atoms. The maximum absolute atomic E-state index is 9.26. The van der Waals surface area contributed by atoms with Crippen LogP contribution in [0.4, 0.5) is 5.82 Å². The summed E-state index contributed by atoms with van der Waals surface area (Å²) in [7, 11) is 0. The Morgan fingerprint density at radius 3 is 2.88 bits per heavy atom. The first-order valence-corrected chi connectivity index (χ1v) is 6.44. The summed E-state index contributed by atoms with van der Waals surface area (Å²) in [4.78, 5) is 8.56. The number of hydrogen-bond acceptors (Lipinski definition) is 7. The van der Waals surface area contributed by atoms with Crippen LogP contribution in [0.3, 0.4) is 0 Å². The highest BCUT2D eigenvalue weighted by molar-refractivity contribution is 7.99. The molecule has 0 saturated heterocycles. The number of nitrogens with one attached hydrogen (secondary N) is 1. The molecule has 0 saturated carbocycles. The number of anilines is 1. The Kier molecular flexibility index (Phi) is 6.20. The summed E-state index contributed by atoms with van der Waals surface area (Å²) in [5.41, 5.74) is 2.49. The number of aryl methyl sites for hydroxylation is 1. The van der Waals surface area contributed by atoms with Gasteiger partial charge in [-0.25, -0.2) is 15.8 Å². The summed E-state index contributed by atoms with van der Waals surface area (Å²) >= 11 is 1.37. The van der Waals surface area contributed by atoms with Crippen LogP contribution >= 0.6 is 11.8 Å². The molecule has 5 N–H and O–H groups in total. The number of nitrogens with two attached hydrogens (primary N) is 1. The van der Waals surface area contributed by atoms with Gasteiger partial charge in [-0.15, -0.1) is 11.8 Å². The van der Waals surface area contributed by atoms with Crippen molar-refractivity contribution in [1.82, 2.24) is 9.97 Å². The van der Waals surface area contributed by atoms with E-state index < -0.39 is 6.10 Å². The number of nitrogens with zero attached hydrogens (tertiary/aromatic N) is 2. The smallest absolute Gasteiger partial charge is 0.144 e. The predicted molar refractivity (Wildman–Crippen MR) is 67.7 cm³/mol. The van der Waals surface area contributed by atoms with Gasteiger partial charge in [0.15, 0.2) is 0 Å². The van der Waals surface area contributed by atoms with Crippen molar-refractivity contribution in [2.24, 2.45) is 5.84 Å². The molecule has 0 aromatic carbocycles. The Hall–Kier alpha value is -0.890. The van der Waals surface area contributed by atoms with Crippen molar-refractivity contribution in [3.8, 4) is 0 Å². The number of nitrogen functional groups attached to an aromatic ring is 1. The number of aliphatic hydroxyl groups is 2. The fourth-order valence-corrected chi connectivity index (χ4v) is 2.02. The normalized spacial score (nSPS) is 12.5. The molecule has 1 heterocycles. The summed E-state index contributed by atoms with van der Waals surface area (Å²) in [5.74, 6) is 7.00. The molecule has 0 aliphatic heterocycles. The standard InChI is InChI=1S/C10H18N4O2S/c1-2-3-8-12-9(14-11)4-10(13-8)17-6-7(16)5-15/h4,7,15-16H,2-3,5-6,11H2,1H3,(H,12,13,14). The van der Waals surface area contributed by atoms with Crippen LogP contribution in [0.1, 0.15) is 19.2 Å². The van der Waals surface area contributed by atoms with Crippen LogP contribution in [0.25, 0.3) is 0 Å². The van der Waals surface area contributed by atoms with Crippen LogP contribution in [-0.4, -0.2) is 38.6 Å². The number of aliphatic hydroxyl groups excluding tert-OH is 2. The van der Waals surface area contributed by atoms with Crippen molar-refractivity contribution in [3.63, 3.8) is 0 Å². The zero-order valence-electron chi connectivity index (χ0n) is 9.76. The lowest BCUT2D eigenvalue weighted by Gasteiger charge is -2.08. The Labute approximate surface area is 105 Å². The Balaban J connectivity index is 2.72. The van der Waals surface area contributed by atoms with Gasteiger partial charge in [0.05, 0.1) is 12.7 Å². The molecule has 7 heteroatoms. The zero-order valence-corrected chi connectivity index (χ0v) is 10.6. The second-order valence-corrected chi connectivity index (χ2v) is 4.59. The summed E-state index contributed by atoms with van der Waals surface area (Å²) < 4.78 is 0. The van der Waals surface area contributed by atoms with E-state index in [0.29, 0.717) is 11.6 Å². The number of thioether (sulfide) groups is 1. The second kappa shape index (κ2) is 7.44. The van der Waals surface area contributed by atoms with Crippen LogP contribution in [0, 0.1) is 0 Å².